The normalized spacial score (nSPS) is 21.6. The summed E-state index contributed by atoms with van der Waals surface area (Å²) in [5.74, 6) is -1.26. The van der Waals surface area contributed by atoms with Crippen molar-refractivity contribution in [2.45, 2.75) is 31.9 Å². The minimum atomic E-state index is -0.774. The Balaban J connectivity index is 1.95. The van der Waals surface area contributed by atoms with Gasteiger partial charge in [0.1, 0.15) is 0 Å². The second-order valence-electron chi connectivity index (χ2n) is 5.15. The number of hydrogen-bond acceptors (Lipinski definition) is 3. The molecule has 1 saturated carbocycles. The average Bonchev–Trinajstić information content (AvgIpc) is 2.88. The van der Waals surface area contributed by atoms with E-state index in [4.69, 9.17) is 9.84 Å². The number of carboxylic acids is 1. The molecule has 0 radical (unpaired) electrons. The molecule has 1 aliphatic carbocycles. The zero-order valence-electron chi connectivity index (χ0n) is 11.5. The maximum absolute atomic E-state index is 12.1. The van der Waals surface area contributed by atoms with Crippen LogP contribution >= 0.6 is 0 Å². The van der Waals surface area contributed by atoms with Gasteiger partial charge in [-0.15, -0.1) is 0 Å². The molecule has 0 bridgehead atoms. The molecular formula is C15H19NO4. The molecule has 1 aliphatic rings. The Morgan fingerprint density at radius 2 is 2.20 bits per heavy atom. The molecule has 2 N–H and O–H groups in total. The van der Waals surface area contributed by atoms with Gasteiger partial charge in [0, 0.05) is 18.7 Å². The molecule has 0 saturated heterocycles. The van der Waals surface area contributed by atoms with Crippen molar-refractivity contribution in [2.75, 3.05) is 7.11 Å². The standard InChI is InChI=1S/C15H19NO4/c1-20-9-10-3-2-4-11(7-10)14(17)16-13-6-5-12(8-13)15(18)19/h2-4,7,12-13H,5-6,8-9H2,1H3,(H,16,17)(H,18,19)/t12-,13+/m1/s1. The lowest BCUT2D eigenvalue weighted by atomic mass is 10.1. The van der Waals surface area contributed by atoms with E-state index in [2.05, 4.69) is 5.32 Å². The molecule has 1 fully saturated rings. The number of methoxy groups -OCH3 is 1. The van der Waals surface area contributed by atoms with Crippen LogP contribution in [0.5, 0.6) is 0 Å². The quantitative estimate of drug-likeness (QED) is 0.860. The Bertz CT molecular complexity index is 500. The zero-order valence-corrected chi connectivity index (χ0v) is 11.5. The number of ether oxygens (including phenoxy) is 1. The van der Waals surface area contributed by atoms with Crippen LogP contribution in [0.25, 0.3) is 0 Å². The van der Waals surface area contributed by atoms with Crippen molar-refractivity contribution in [3.05, 3.63) is 35.4 Å². The van der Waals surface area contributed by atoms with Gasteiger partial charge in [-0.1, -0.05) is 12.1 Å². The van der Waals surface area contributed by atoms with Gasteiger partial charge in [0.05, 0.1) is 12.5 Å². The first kappa shape index (κ1) is 14.5. The minimum absolute atomic E-state index is 0.0466. The molecule has 1 aromatic carbocycles. The molecule has 2 atom stereocenters. The predicted octanol–water partition coefficient (Wildman–Crippen LogP) is 1.82. The second kappa shape index (κ2) is 6.52. The van der Waals surface area contributed by atoms with Crippen molar-refractivity contribution in [3.8, 4) is 0 Å². The molecule has 1 aromatic rings. The van der Waals surface area contributed by atoms with Crippen molar-refractivity contribution in [3.63, 3.8) is 0 Å². The maximum atomic E-state index is 12.1. The van der Waals surface area contributed by atoms with E-state index in [0.717, 1.165) is 12.0 Å². The summed E-state index contributed by atoms with van der Waals surface area (Å²) in [5, 5.41) is 11.9. The summed E-state index contributed by atoms with van der Waals surface area (Å²) in [6.45, 7) is 0.464. The number of hydrogen-bond donors (Lipinski definition) is 2. The van der Waals surface area contributed by atoms with Crippen LogP contribution in [0.1, 0.15) is 35.2 Å². The van der Waals surface area contributed by atoms with Gasteiger partial charge in [-0.2, -0.15) is 0 Å². The average molecular weight is 277 g/mol. The van der Waals surface area contributed by atoms with Crippen molar-refractivity contribution >= 4 is 11.9 Å². The molecule has 5 nitrogen and oxygen atoms in total. The van der Waals surface area contributed by atoms with E-state index in [1.54, 1.807) is 19.2 Å². The fraction of sp³-hybridized carbons (Fsp3) is 0.467. The Labute approximate surface area is 117 Å². The van der Waals surface area contributed by atoms with Gasteiger partial charge in [-0.3, -0.25) is 9.59 Å². The van der Waals surface area contributed by atoms with Gasteiger partial charge in [-0.05, 0) is 37.0 Å². The van der Waals surface area contributed by atoms with E-state index >= 15 is 0 Å². The zero-order chi connectivity index (χ0) is 14.5. The molecule has 0 heterocycles. The molecule has 2 rings (SSSR count). The summed E-state index contributed by atoms with van der Waals surface area (Å²) >= 11 is 0. The number of benzene rings is 1. The molecule has 0 aromatic heterocycles. The highest BCUT2D eigenvalue weighted by molar-refractivity contribution is 5.94. The van der Waals surface area contributed by atoms with Crippen LogP contribution in [0.2, 0.25) is 0 Å². The van der Waals surface area contributed by atoms with Crippen LogP contribution in [-0.2, 0) is 16.1 Å². The highest BCUT2D eigenvalue weighted by Gasteiger charge is 2.30. The number of aliphatic carboxylic acids is 1. The van der Waals surface area contributed by atoms with E-state index in [1.165, 1.54) is 0 Å². The number of nitrogens with one attached hydrogen (secondary N) is 1. The van der Waals surface area contributed by atoms with Crippen LogP contribution in [0.15, 0.2) is 24.3 Å². The third kappa shape index (κ3) is 3.57. The number of carbonyl (C=O) groups is 2. The summed E-state index contributed by atoms with van der Waals surface area (Å²) in [4.78, 5) is 23.0. The van der Waals surface area contributed by atoms with Crippen LogP contribution < -0.4 is 5.32 Å². The first-order valence-corrected chi connectivity index (χ1v) is 6.71. The Morgan fingerprint density at radius 3 is 2.85 bits per heavy atom. The number of carboxylic acid groups (broad SMARTS) is 1. The Kier molecular flexibility index (Phi) is 4.74. The molecular weight excluding hydrogens is 258 g/mol. The smallest absolute Gasteiger partial charge is 0.306 e. The van der Waals surface area contributed by atoms with E-state index < -0.39 is 5.97 Å². The first-order chi connectivity index (χ1) is 9.60. The van der Waals surface area contributed by atoms with Gasteiger partial charge >= 0.3 is 5.97 Å². The summed E-state index contributed by atoms with van der Waals surface area (Å²) in [5.41, 5.74) is 1.52. The first-order valence-electron chi connectivity index (χ1n) is 6.71. The third-order valence-electron chi connectivity index (χ3n) is 3.62. The fourth-order valence-electron chi connectivity index (χ4n) is 2.57. The van der Waals surface area contributed by atoms with Gasteiger partial charge in [-0.25, -0.2) is 0 Å². The highest BCUT2D eigenvalue weighted by Crippen LogP contribution is 2.25. The van der Waals surface area contributed by atoms with Gasteiger partial charge in [0.15, 0.2) is 0 Å². The minimum Gasteiger partial charge on any atom is -0.481 e. The topological polar surface area (TPSA) is 75.6 Å². The van der Waals surface area contributed by atoms with Crippen LogP contribution in [-0.4, -0.2) is 30.1 Å². The monoisotopic (exact) mass is 277 g/mol. The molecule has 0 unspecified atom stereocenters. The molecule has 0 aliphatic heterocycles. The number of carbonyl (C=O) groups excluding carboxylic acids is 1. The maximum Gasteiger partial charge on any atom is 0.306 e. The molecule has 20 heavy (non-hydrogen) atoms. The summed E-state index contributed by atoms with van der Waals surface area (Å²) in [6, 6.07) is 7.21. The lowest BCUT2D eigenvalue weighted by molar-refractivity contribution is -0.141. The summed E-state index contributed by atoms with van der Waals surface area (Å²) in [7, 11) is 1.61. The largest absolute Gasteiger partial charge is 0.481 e. The van der Waals surface area contributed by atoms with E-state index in [1.807, 2.05) is 12.1 Å². The van der Waals surface area contributed by atoms with E-state index in [9.17, 15) is 9.59 Å². The third-order valence-corrected chi connectivity index (χ3v) is 3.62. The van der Waals surface area contributed by atoms with Gasteiger partial charge in [0.2, 0.25) is 0 Å². The Hall–Kier alpha value is -1.88. The lowest BCUT2D eigenvalue weighted by Gasteiger charge is -2.13. The van der Waals surface area contributed by atoms with Gasteiger partial charge in [0.25, 0.3) is 5.91 Å². The van der Waals surface area contributed by atoms with E-state index in [-0.39, 0.29) is 17.9 Å². The number of rotatable bonds is 5. The summed E-state index contributed by atoms with van der Waals surface area (Å²) in [6.07, 6.45) is 1.86. The van der Waals surface area contributed by atoms with Crippen molar-refractivity contribution in [1.29, 1.82) is 0 Å². The van der Waals surface area contributed by atoms with Crippen LogP contribution in [0.3, 0.4) is 0 Å². The Morgan fingerprint density at radius 1 is 1.40 bits per heavy atom. The highest BCUT2D eigenvalue weighted by atomic mass is 16.5. The summed E-state index contributed by atoms with van der Waals surface area (Å²) < 4.78 is 5.04. The lowest BCUT2D eigenvalue weighted by Crippen LogP contribution is -2.33. The second-order valence-corrected chi connectivity index (χ2v) is 5.15. The molecule has 5 heteroatoms. The van der Waals surface area contributed by atoms with Crippen molar-refractivity contribution < 1.29 is 19.4 Å². The van der Waals surface area contributed by atoms with Crippen LogP contribution in [0.4, 0.5) is 0 Å². The van der Waals surface area contributed by atoms with Gasteiger partial charge < -0.3 is 15.2 Å². The SMILES string of the molecule is COCc1cccc(C(=O)N[C@H]2CC[C@@H](C(=O)O)C2)c1. The fourth-order valence-corrected chi connectivity index (χ4v) is 2.57. The van der Waals surface area contributed by atoms with Crippen LogP contribution in [0, 0.1) is 5.92 Å². The molecule has 1 amide bonds. The number of amides is 1. The molecule has 0 spiro atoms. The molecule has 108 valence electrons. The van der Waals surface area contributed by atoms with E-state index in [0.29, 0.717) is 25.0 Å². The van der Waals surface area contributed by atoms with Crippen molar-refractivity contribution in [2.24, 2.45) is 5.92 Å². The predicted molar refractivity (Wildman–Crippen MR) is 73.4 cm³/mol. The van der Waals surface area contributed by atoms with Crippen molar-refractivity contribution in [1.82, 2.24) is 5.32 Å².